The lowest BCUT2D eigenvalue weighted by Crippen LogP contribution is -2.01. The van der Waals surface area contributed by atoms with E-state index in [9.17, 15) is 9.50 Å². The first kappa shape index (κ1) is 21.7. The molecule has 0 aliphatic carbocycles. The smallest absolute Gasteiger partial charge is 0.212 e. The first-order valence-electron chi connectivity index (χ1n) is 9.08. The van der Waals surface area contributed by atoms with E-state index in [4.69, 9.17) is 9.47 Å². The molecular weight excluding hydrogens is 373 g/mol. The Morgan fingerprint density at radius 3 is 2.45 bits per heavy atom. The van der Waals surface area contributed by atoms with Crippen molar-refractivity contribution in [1.82, 2.24) is 9.97 Å². The molecule has 29 heavy (non-hydrogen) atoms. The minimum atomic E-state index is -0.572. The number of phenolic OH excluding ortho intramolecular Hbond substituents is 1. The molecule has 3 rings (SSSR count). The van der Waals surface area contributed by atoms with E-state index in [1.165, 1.54) is 18.3 Å². The highest BCUT2D eigenvalue weighted by Gasteiger charge is 2.08. The van der Waals surface area contributed by atoms with Crippen LogP contribution in [-0.2, 0) is 6.61 Å². The molecule has 0 fully saturated rings. The Labute approximate surface area is 169 Å². The third-order valence-corrected chi connectivity index (χ3v) is 3.75. The maximum atomic E-state index is 12.9. The van der Waals surface area contributed by atoms with Crippen LogP contribution in [0.1, 0.15) is 25.1 Å². The van der Waals surface area contributed by atoms with Crippen LogP contribution in [0.3, 0.4) is 0 Å². The predicted molar refractivity (Wildman–Crippen MR) is 111 cm³/mol. The van der Waals surface area contributed by atoms with Crippen molar-refractivity contribution < 1.29 is 19.0 Å². The fourth-order valence-corrected chi connectivity index (χ4v) is 2.27. The van der Waals surface area contributed by atoms with Crippen LogP contribution in [-0.4, -0.2) is 22.2 Å². The number of nitrogens with one attached hydrogen (secondary N) is 1. The summed E-state index contributed by atoms with van der Waals surface area (Å²) in [5, 5.41) is 13.0. The summed E-state index contributed by atoms with van der Waals surface area (Å²) in [5.74, 6) is 0.666. The van der Waals surface area contributed by atoms with Crippen LogP contribution in [0.2, 0.25) is 0 Å². The Hall–Kier alpha value is -3.61. The van der Waals surface area contributed by atoms with E-state index in [-0.39, 0.29) is 12.4 Å². The minimum absolute atomic E-state index is 0.0288. The van der Waals surface area contributed by atoms with Crippen molar-refractivity contribution in [2.45, 2.75) is 20.5 Å². The van der Waals surface area contributed by atoms with Crippen LogP contribution < -0.4 is 14.8 Å². The predicted octanol–water partition coefficient (Wildman–Crippen LogP) is 5.02. The Morgan fingerprint density at radius 1 is 1.07 bits per heavy atom. The highest BCUT2D eigenvalue weighted by Crippen LogP contribution is 2.30. The number of hydrogen-bond donors (Lipinski definition) is 2. The van der Waals surface area contributed by atoms with Crippen LogP contribution in [0.15, 0.2) is 61.4 Å². The van der Waals surface area contributed by atoms with Gasteiger partial charge in [-0.05, 0) is 36.4 Å². The number of phenols is 1. The van der Waals surface area contributed by atoms with Gasteiger partial charge in [-0.25, -0.2) is 4.98 Å². The Kier molecular flexibility index (Phi) is 7.97. The van der Waals surface area contributed by atoms with Crippen LogP contribution in [0, 0.1) is 5.95 Å². The van der Waals surface area contributed by atoms with Crippen LogP contribution in [0.4, 0.5) is 10.1 Å². The van der Waals surface area contributed by atoms with Gasteiger partial charge in [0.15, 0.2) is 0 Å². The second kappa shape index (κ2) is 10.7. The zero-order valence-electron chi connectivity index (χ0n) is 16.6. The number of halogens is 1. The minimum Gasteiger partial charge on any atom is -0.506 e. The maximum Gasteiger partial charge on any atom is 0.212 e. The average molecular weight is 397 g/mol. The second-order valence-electron chi connectivity index (χ2n) is 5.63. The van der Waals surface area contributed by atoms with Gasteiger partial charge in [-0.2, -0.15) is 4.39 Å². The zero-order chi connectivity index (χ0) is 21.2. The SMILES string of the molecule is C=C(Nc1cc(OCc2ccc(OC)cn2)ccc1O)c1ccc(F)nc1.CC. The quantitative estimate of drug-likeness (QED) is 0.431. The molecule has 0 unspecified atom stereocenters. The summed E-state index contributed by atoms with van der Waals surface area (Å²) in [6, 6.07) is 11.2. The van der Waals surface area contributed by atoms with Gasteiger partial charge in [-0.3, -0.25) is 4.98 Å². The van der Waals surface area contributed by atoms with E-state index in [1.807, 2.05) is 19.9 Å². The molecule has 2 N–H and O–H groups in total. The molecule has 0 aliphatic rings. The highest BCUT2D eigenvalue weighted by atomic mass is 19.1. The van der Waals surface area contributed by atoms with Gasteiger partial charge in [0.1, 0.15) is 23.9 Å². The van der Waals surface area contributed by atoms with E-state index in [0.29, 0.717) is 28.4 Å². The number of rotatable bonds is 7. The Bertz CT molecular complexity index is 929. The normalized spacial score (nSPS) is 9.79. The summed E-state index contributed by atoms with van der Waals surface area (Å²) < 4.78 is 23.7. The molecule has 0 radical (unpaired) electrons. The van der Waals surface area contributed by atoms with Crippen molar-refractivity contribution in [3.8, 4) is 17.2 Å². The standard InChI is InChI=1S/C20H18FN3O3.C2H6/c1-13(14-3-8-20(21)23-10-14)24-18-9-16(6-7-19(18)25)27-12-15-4-5-17(26-2)11-22-15;1-2/h3-11,24-25H,1,12H2,2H3;1-2H3. The van der Waals surface area contributed by atoms with Crippen LogP contribution >= 0.6 is 0 Å². The average Bonchev–Trinajstić information content (AvgIpc) is 2.76. The molecule has 2 aromatic heterocycles. The number of benzene rings is 1. The number of methoxy groups -OCH3 is 1. The summed E-state index contributed by atoms with van der Waals surface area (Å²) in [6.07, 6.45) is 2.97. The van der Waals surface area contributed by atoms with Gasteiger partial charge in [0.2, 0.25) is 5.95 Å². The molecule has 0 aliphatic heterocycles. The summed E-state index contributed by atoms with van der Waals surface area (Å²) in [5.41, 5.74) is 2.21. The van der Waals surface area contributed by atoms with Crippen LogP contribution in [0.5, 0.6) is 17.2 Å². The van der Waals surface area contributed by atoms with Gasteiger partial charge in [-0.1, -0.05) is 20.4 Å². The number of anilines is 1. The zero-order valence-corrected chi connectivity index (χ0v) is 16.6. The summed E-state index contributed by atoms with van der Waals surface area (Å²) >= 11 is 0. The lowest BCUT2D eigenvalue weighted by Gasteiger charge is -2.13. The molecule has 0 atom stereocenters. The molecule has 0 amide bonds. The fourth-order valence-electron chi connectivity index (χ4n) is 2.27. The van der Waals surface area contributed by atoms with Gasteiger partial charge >= 0.3 is 0 Å². The maximum absolute atomic E-state index is 12.9. The van der Waals surface area contributed by atoms with Crippen molar-refractivity contribution in [2.75, 3.05) is 12.4 Å². The number of ether oxygens (including phenoxy) is 2. The second-order valence-corrected chi connectivity index (χ2v) is 5.63. The first-order valence-corrected chi connectivity index (χ1v) is 9.08. The fraction of sp³-hybridized carbons (Fsp3) is 0.182. The van der Waals surface area contributed by atoms with E-state index in [1.54, 1.807) is 37.6 Å². The van der Waals surface area contributed by atoms with Crippen molar-refractivity contribution in [1.29, 1.82) is 0 Å². The third-order valence-electron chi connectivity index (χ3n) is 3.75. The molecule has 152 valence electrons. The van der Waals surface area contributed by atoms with E-state index in [0.717, 1.165) is 5.69 Å². The molecule has 7 heteroatoms. The third kappa shape index (κ3) is 6.21. The Balaban J connectivity index is 0.00000145. The van der Waals surface area contributed by atoms with Gasteiger partial charge in [0, 0.05) is 23.5 Å². The van der Waals surface area contributed by atoms with E-state index < -0.39 is 5.95 Å². The van der Waals surface area contributed by atoms with Gasteiger partial charge in [0.25, 0.3) is 0 Å². The summed E-state index contributed by atoms with van der Waals surface area (Å²) in [4.78, 5) is 7.82. The molecule has 6 nitrogen and oxygen atoms in total. The number of nitrogens with zero attached hydrogens (tertiary/aromatic N) is 2. The van der Waals surface area contributed by atoms with Crippen LogP contribution in [0.25, 0.3) is 5.70 Å². The number of aromatic hydroxyl groups is 1. The van der Waals surface area contributed by atoms with Gasteiger partial charge in [0.05, 0.1) is 24.7 Å². The number of pyridine rings is 2. The van der Waals surface area contributed by atoms with Crippen molar-refractivity contribution >= 4 is 11.4 Å². The number of hydrogen-bond acceptors (Lipinski definition) is 6. The molecule has 3 aromatic rings. The summed E-state index contributed by atoms with van der Waals surface area (Å²) in [6.45, 7) is 8.14. The number of aromatic nitrogens is 2. The molecule has 0 saturated heterocycles. The molecule has 1 aromatic carbocycles. The first-order chi connectivity index (χ1) is 14.0. The topological polar surface area (TPSA) is 76.5 Å². The monoisotopic (exact) mass is 397 g/mol. The molecule has 0 saturated carbocycles. The largest absolute Gasteiger partial charge is 0.506 e. The lowest BCUT2D eigenvalue weighted by molar-refractivity contribution is 0.300. The van der Waals surface area contributed by atoms with E-state index >= 15 is 0 Å². The van der Waals surface area contributed by atoms with Gasteiger partial charge < -0.3 is 19.9 Å². The highest BCUT2D eigenvalue weighted by molar-refractivity contribution is 5.78. The van der Waals surface area contributed by atoms with E-state index in [2.05, 4.69) is 21.9 Å². The Morgan fingerprint density at radius 2 is 1.83 bits per heavy atom. The lowest BCUT2D eigenvalue weighted by atomic mass is 10.2. The molecular formula is C22H24FN3O3. The molecule has 0 spiro atoms. The molecule has 0 bridgehead atoms. The van der Waals surface area contributed by atoms with Crippen molar-refractivity contribution in [2.24, 2.45) is 0 Å². The molecule has 2 heterocycles. The van der Waals surface area contributed by atoms with Gasteiger partial charge in [-0.15, -0.1) is 0 Å². The van der Waals surface area contributed by atoms with Crippen molar-refractivity contribution in [3.63, 3.8) is 0 Å². The summed E-state index contributed by atoms with van der Waals surface area (Å²) in [7, 11) is 1.58. The van der Waals surface area contributed by atoms with Crippen molar-refractivity contribution in [3.05, 3.63) is 78.6 Å².